The molecule has 27 heavy (non-hydrogen) atoms. The zero-order chi connectivity index (χ0) is 19.4. The Bertz CT molecular complexity index is 661. The number of hydrogen-bond acceptors (Lipinski definition) is 7. The molecule has 3 heterocycles. The van der Waals surface area contributed by atoms with Crippen LogP contribution in [0, 0.1) is 0 Å². The lowest BCUT2D eigenvalue weighted by molar-refractivity contribution is -0.145. The summed E-state index contributed by atoms with van der Waals surface area (Å²) in [6, 6.07) is 0. The summed E-state index contributed by atoms with van der Waals surface area (Å²) in [5, 5.41) is 23.3. The van der Waals surface area contributed by atoms with Crippen molar-refractivity contribution in [3.8, 4) is 0 Å². The standard InChI is InChI=1S/C19H31N5O3/c1-3-15(25)13-24-8-5-19(27,6-9-24)18(26)21-11-17-20-10-14-12-23(2)7-4-16(14)22-17/h10,15,25,27H,3-9,11-13H2,1-2H3,(H,21,26). The maximum absolute atomic E-state index is 12.5. The Balaban J connectivity index is 1.51. The molecule has 0 aliphatic carbocycles. The largest absolute Gasteiger partial charge is 0.392 e. The van der Waals surface area contributed by atoms with Gasteiger partial charge < -0.3 is 25.3 Å². The second-order valence-corrected chi connectivity index (χ2v) is 7.82. The van der Waals surface area contributed by atoms with Gasteiger partial charge in [-0.2, -0.15) is 0 Å². The summed E-state index contributed by atoms with van der Waals surface area (Å²) in [6.45, 7) is 5.78. The SMILES string of the molecule is CCC(O)CN1CCC(O)(C(=O)NCc2ncc3c(n2)CCN(C)C3)CC1. The van der Waals surface area contributed by atoms with Crippen molar-refractivity contribution >= 4 is 5.91 Å². The number of hydrogen-bond donors (Lipinski definition) is 3. The molecule has 1 aromatic rings. The van der Waals surface area contributed by atoms with Crippen LogP contribution in [0.2, 0.25) is 0 Å². The van der Waals surface area contributed by atoms with Crippen molar-refractivity contribution in [2.24, 2.45) is 0 Å². The van der Waals surface area contributed by atoms with Crippen LogP contribution >= 0.6 is 0 Å². The van der Waals surface area contributed by atoms with Gasteiger partial charge in [0.25, 0.3) is 5.91 Å². The van der Waals surface area contributed by atoms with Gasteiger partial charge in [-0.25, -0.2) is 9.97 Å². The fourth-order valence-electron chi connectivity index (χ4n) is 3.67. The molecule has 2 aliphatic rings. The number of rotatable bonds is 6. The lowest BCUT2D eigenvalue weighted by Crippen LogP contribution is -2.54. The van der Waals surface area contributed by atoms with Gasteiger partial charge in [0.15, 0.2) is 0 Å². The second-order valence-electron chi connectivity index (χ2n) is 7.82. The summed E-state index contributed by atoms with van der Waals surface area (Å²) in [4.78, 5) is 25.8. The van der Waals surface area contributed by atoms with Crippen molar-refractivity contribution < 1.29 is 15.0 Å². The van der Waals surface area contributed by atoms with Crippen molar-refractivity contribution in [3.05, 3.63) is 23.3 Å². The zero-order valence-electron chi connectivity index (χ0n) is 16.3. The molecule has 1 amide bonds. The van der Waals surface area contributed by atoms with Gasteiger partial charge in [0.2, 0.25) is 0 Å². The Kier molecular flexibility index (Phi) is 6.41. The van der Waals surface area contributed by atoms with E-state index in [2.05, 4.69) is 32.1 Å². The summed E-state index contributed by atoms with van der Waals surface area (Å²) >= 11 is 0. The summed E-state index contributed by atoms with van der Waals surface area (Å²) in [5.74, 6) is 0.220. The van der Waals surface area contributed by atoms with Gasteiger partial charge in [0, 0.05) is 56.6 Å². The van der Waals surface area contributed by atoms with Crippen LogP contribution in [0.5, 0.6) is 0 Å². The van der Waals surface area contributed by atoms with Gasteiger partial charge in [-0.3, -0.25) is 4.79 Å². The molecular formula is C19H31N5O3. The molecule has 150 valence electrons. The topological polar surface area (TPSA) is 102 Å². The van der Waals surface area contributed by atoms with Gasteiger partial charge in [0.05, 0.1) is 12.6 Å². The van der Waals surface area contributed by atoms with Crippen LogP contribution in [-0.4, -0.2) is 80.8 Å². The van der Waals surface area contributed by atoms with E-state index in [0.717, 1.165) is 30.8 Å². The van der Waals surface area contributed by atoms with Crippen LogP contribution in [0.3, 0.4) is 0 Å². The first-order valence-electron chi connectivity index (χ1n) is 9.83. The average molecular weight is 377 g/mol. The summed E-state index contributed by atoms with van der Waals surface area (Å²) < 4.78 is 0. The molecular weight excluding hydrogens is 346 g/mol. The number of aliphatic hydroxyl groups is 2. The molecule has 0 radical (unpaired) electrons. The number of piperidine rings is 1. The third-order valence-corrected chi connectivity index (χ3v) is 5.63. The van der Waals surface area contributed by atoms with Crippen LogP contribution in [0.15, 0.2) is 6.20 Å². The molecule has 0 aromatic carbocycles. The van der Waals surface area contributed by atoms with E-state index in [1.54, 1.807) is 0 Å². The Morgan fingerprint density at radius 2 is 2.11 bits per heavy atom. The van der Waals surface area contributed by atoms with E-state index in [1.165, 1.54) is 0 Å². The number of likely N-dealkylation sites (tertiary alicyclic amines) is 1. The smallest absolute Gasteiger partial charge is 0.252 e. The maximum Gasteiger partial charge on any atom is 0.252 e. The molecule has 0 bridgehead atoms. The molecule has 1 unspecified atom stereocenters. The fourth-order valence-corrected chi connectivity index (χ4v) is 3.67. The Morgan fingerprint density at radius 1 is 1.37 bits per heavy atom. The number of nitrogens with one attached hydrogen (secondary N) is 1. The van der Waals surface area contributed by atoms with Crippen LogP contribution in [0.25, 0.3) is 0 Å². The van der Waals surface area contributed by atoms with Crippen LogP contribution in [0.4, 0.5) is 0 Å². The number of aliphatic hydroxyl groups excluding tert-OH is 1. The minimum absolute atomic E-state index is 0.225. The molecule has 0 spiro atoms. The molecule has 0 saturated carbocycles. The van der Waals surface area contributed by atoms with Gasteiger partial charge >= 0.3 is 0 Å². The molecule has 8 heteroatoms. The average Bonchev–Trinajstić information content (AvgIpc) is 2.67. The van der Waals surface area contributed by atoms with E-state index in [0.29, 0.717) is 44.7 Å². The predicted octanol–water partition coefficient (Wildman–Crippen LogP) is -0.321. The van der Waals surface area contributed by atoms with Crippen molar-refractivity contribution in [3.63, 3.8) is 0 Å². The first kappa shape index (κ1) is 20.1. The quantitative estimate of drug-likeness (QED) is 0.624. The second kappa shape index (κ2) is 8.60. The zero-order valence-corrected chi connectivity index (χ0v) is 16.3. The van der Waals surface area contributed by atoms with Crippen LogP contribution in [0.1, 0.15) is 43.3 Å². The molecule has 2 aliphatic heterocycles. The van der Waals surface area contributed by atoms with E-state index in [4.69, 9.17) is 0 Å². The maximum atomic E-state index is 12.5. The van der Waals surface area contributed by atoms with E-state index in [9.17, 15) is 15.0 Å². The highest BCUT2D eigenvalue weighted by Gasteiger charge is 2.39. The monoisotopic (exact) mass is 377 g/mol. The highest BCUT2D eigenvalue weighted by molar-refractivity contribution is 5.84. The molecule has 3 rings (SSSR count). The molecule has 1 fully saturated rings. The molecule has 1 atom stereocenters. The van der Waals surface area contributed by atoms with E-state index >= 15 is 0 Å². The molecule has 3 N–H and O–H groups in total. The van der Waals surface area contributed by atoms with Gasteiger partial charge in [-0.1, -0.05) is 6.92 Å². The summed E-state index contributed by atoms with van der Waals surface area (Å²) in [7, 11) is 2.08. The number of fused-ring (bicyclic) bond motifs is 1. The Hall–Kier alpha value is -1.61. The van der Waals surface area contributed by atoms with E-state index in [-0.39, 0.29) is 18.6 Å². The van der Waals surface area contributed by atoms with Gasteiger partial charge in [0.1, 0.15) is 11.4 Å². The minimum atomic E-state index is -1.36. The number of aromatic nitrogens is 2. The van der Waals surface area contributed by atoms with Gasteiger partial charge in [-0.05, 0) is 26.3 Å². The number of β-amino-alcohol motifs (C(OH)–C–C–N with tert-alkyl or cyclic N) is 1. The van der Waals surface area contributed by atoms with E-state index in [1.807, 2.05) is 13.1 Å². The lowest BCUT2D eigenvalue weighted by atomic mass is 9.90. The predicted molar refractivity (Wildman–Crippen MR) is 101 cm³/mol. The molecule has 1 saturated heterocycles. The van der Waals surface area contributed by atoms with Crippen molar-refractivity contribution in [2.45, 2.75) is 57.4 Å². The van der Waals surface area contributed by atoms with Crippen molar-refractivity contribution in [2.75, 3.05) is 33.2 Å². The Labute approximate surface area is 160 Å². The lowest BCUT2D eigenvalue weighted by Gasteiger charge is -2.37. The third-order valence-electron chi connectivity index (χ3n) is 5.63. The summed E-state index contributed by atoms with van der Waals surface area (Å²) in [6.07, 6.45) is 3.81. The normalized spacial score (nSPS) is 21.5. The van der Waals surface area contributed by atoms with Crippen molar-refractivity contribution in [1.29, 1.82) is 0 Å². The minimum Gasteiger partial charge on any atom is -0.392 e. The van der Waals surface area contributed by atoms with Crippen LogP contribution in [-0.2, 0) is 24.3 Å². The third kappa shape index (κ3) is 5.01. The van der Waals surface area contributed by atoms with Gasteiger partial charge in [-0.15, -0.1) is 0 Å². The highest BCUT2D eigenvalue weighted by atomic mass is 16.3. The molecule has 8 nitrogen and oxygen atoms in total. The summed E-state index contributed by atoms with van der Waals surface area (Å²) in [5.41, 5.74) is 0.831. The van der Waals surface area contributed by atoms with Crippen LogP contribution < -0.4 is 5.32 Å². The number of carbonyl (C=O) groups is 1. The van der Waals surface area contributed by atoms with Crippen molar-refractivity contribution in [1.82, 2.24) is 25.1 Å². The number of carbonyl (C=O) groups excluding carboxylic acids is 1. The number of amides is 1. The first-order valence-corrected chi connectivity index (χ1v) is 9.83. The molecule has 1 aromatic heterocycles. The number of nitrogens with zero attached hydrogens (tertiary/aromatic N) is 4. The Morgan fingerprint density at radius 3 is 2.81 bits per heavy atom. The number of likely N-dealkylation sites (N-methyl/N-ethyl adjacent to an activating group) is 1. The highest BCUT2D eigenvalue weighted by Crippen LogP contribution is 2.23. The van der Waals surface area contributed by atoms with E-state index < -0.39 is 5.60 Å². The fraction of sp³-hybridized carbons (Fsp3) is 0.737. The first-order chi connectivity index (χ1) is 12.9.